The van der Waals surface area contributed by atoms with Crippen LogP contribution in [-0.2, 0) is 4.79 Å². The van der Waals surface area contributed by atoms with Gasteiger partial charge in [0.25, 0.3) is 11.6 Å². The number of rotatable bonds is 8. The zero-order valence-electron chi connectivity index (χ0n) is 16.0. The monoisotopic (exact) mass is 401 g/mol. The normalized spacial score (nSPS) is 11.5. The third-order valence-corrected chi connectivity index (χ3v) is 5.29. The van der Waals surface area contributed by atoms with Gasteiger partial charge in [0.1, 0.15) is 0 Å². The average molecular weight is 401 g/mol. The van der Waals surface area contributed by atoms with E-state index in [-0.39, 0.29) is 17.5 Å². The maximum absolute atomic E-state index is 12.4. The van der Waals surface area contributed by atoms with Crippen LogP contribution in [0, 0.1) is 10.1 Å². The van der Waals surface area contributed by atoms with Crippen molar-refractivity contribution in [2.24, 2.45) is 0 Å². The highest BCUT2D eigenvalue weighted by Gasteiger charge is 2.16. The minimum Gasteiger partial charge on any atom is -0.339 e. The largest absolute Gasteiger partial charge is 0.339 e. The van der Waals surface area contributed by atoms with Crippen molar-refractivity contribution >= 4 is 35.0 Å². The van der Waals surface area contributed by atoms with Crippen LogP contribution >= 0.6 is 11.8 Å². The summed E-state index contributed by atoms with van der Waals surface area (Å²) < 4.78 is 0. The summed E-state index contributed by atoms with van der Waals surface area (Å²) in [5.41, 5.74) is 1.20. The smallest absolute Gasteiger partial charge is 0.269 e. The molecule has 1 N–H and O–H groups in total. The molecule has 28 heavy (non-hydrogen) atoms. The van der Waals surface area contributed by atoms with Crippen molar-refractivity contribution in [2.45, 2.75) is 30.9 Å². The summed E-state index contributed by atoms with van der Waals surface area (Å²) >= 11 is 1.31. The number of carbonyl (C=O) groups is 2. The maximum Gasteiger partial charge on any atom is 0.269 e. The molecule has 8 heteroatoms. The lowest BCUT2D eigenvalue weighted by Crippen LogP contribution is -2.30. The van der Waals surface area contributed by atoms with Gasteiger partial charge in [0.15, 0.2) is 0 Å². The van der Waals surface area contributed by atoms with E-state index < -0.39 is 10.2 Å². The average Bonchev–Trinajstić information content (AvgIpc) is 2.69. The second-order valence-corrected chi connectivity index (χ2v) is 7.47. The van der Waals surface area contributed by atoms with E-state index >= 15 is 0 Å². The number of hydrogen-bond donors (Lipinski definition) is 1. The van der Waals surface area contributed by atoms with Crippen LogP contribution in [0.2, 0.25) is 0 Å². The first-order valence-electron chi connectivity index (χ1n) is 8.97. The molecular weight excluding hydrogens is 378 g/mol. The fourth-order valence-corrected chi connectivity index (χ4v) is 3.40. The molecule has 0 aliphatic heterocycles. The van der Waals surface area contributed by atoms with Gasteiger partial charge in [-0.05, 0) is 57.2 Å². The zero-order chi connectivity index (χ0) is 20.7. The van der Waals surface area contributed by atoms with E-state index in [1.165, 1.54) is 23.9 Å². The van der Waals surface area contributed by atoms with Gasteiger partial charge >= 0.3 is 0 Å². The molecule has 0 unspecified atom stereocenters. The van der Waals surface area contributed by atoms with Crippen LogP contribution in [0.15, 0.2) is 53.4 Å². The Morgan fingerprint density at radius 1 is 1.07 bits per heavy atom. The van der Waals surface area contributed by atoms with E-state index in [0.717, 1.165) is 4.90 Å². The highest BCUT2D eigenvalue weighted by atomic mass is 32.2. The first-order chi connectivity index (χ1) is 13.3. The molecule has 148 valence electrons. The van der Waals surface area contributed by atoms with Crippen LogP contribution in [0.4, 0.5) is 11.4 Å². The molecule has 1 atom stereocenters. The van der Waals surface area contributed by atoms with Crippen molar-refractivity contribution in [3.63, 3.8) is 0 Å². The molecule has 0 aliphatic carbocycles. The molecule has 0 fully saturated rings. The van der Waals surface area contributed by atoms with Gasteiger partial charge in [0, 0.05) is 41.4 Å². The Labute approximate surface area is 168 Å². The molecule has 0 aromatic heterocycles. The second-order valence-electron chi connectivity index (χ2n) is 6.06. The van der Waals surface area contributed by atoms with Gasteiger partial charge in [0.05, 0.1) is 10.2 Å². The first-order valence-corrected chi connectivity index (χ1v) is 9.85. The van der Waals surface area contributed by atoms with E-state index in [0.29, 0.717) is 24.3 Å². The quantitative estimate of drug-likeness (QED) is 0.407. The molecule has 0 radical (unpaired) electrons. The lowest BCUT2D eigenvalue weighted by Gasteiger charge is -2.18. The van der Waals surface area contributed by atoms with Crippen LogP contribution in [0.3, 0.4) is 0 Å². The number of non-ortho nitro benzene ring substituents is 1. The maximum atomic E-state index is 12.4. The molecule has 0 aliphatic rings. The predicted molar refractivity (Wildman–Crippen MR) is 111 cm³/mol. The molecule has 7 nitrogen and oxygen atoms in total. The number of nitro groups is 1. The highest BCUT2D eigenvalue weighted by Crippen LogP contribution is 2.26. The van der Waals surface area contributed by atoms with Crippen molar-refractivity contribution in [3.8, 4) is 0 Å². The Morgan fingerprint density at radius 3 is 2.14 bits per heavy atom. The fraction of sp³-hybridized carbons (Fsp3) is 0.300. The van der Waals surface area contributed by atoms with Crippen molar-refractivity contribution in [1.29, 1.82) is 0 Å². The molecular formula is C20H23N3O4S. The van der Waals surface area contributed by atoms with Crippen LogP contribution in [0.5, 0.6) is 0 Å². The van der Waals surface area contributed by atoms with Crippen LogP contribution < -0.4 is 5.32 Å². The van der Waals surface area contributed by atoms with Crippen LogP contribution in [0.25, 0.3) is 0 Å². The zero-order valence-corrected chi connectivity index (χ0v) is 16.9. The number of amides is 2. The fourth-order valence-electron chi connectivity index (χ4n) is 2.54. The topological polar surface area (TPSA) is 92.6 Å². The summed E-state index contributed by atoms with van der Waals surface area (Å²) in [6, 6.07) is 12.9. The molecule has 2 aromatic rings. The van der Waals surface area contributed by atoms with Gasteiger partial charge in [-0.3, -0.25) is 19.7 Å². The number of thioether (sulfide) groups is 1. The van der Waals surface area contributed by atoms with Crippen LogP contribution in [-0.4, -0.2) is 40.0 Å². The Balaban J connectivity index is 1.96. The Morgan fingerprint density at radius 2 is 1.64 bits per heavy atom. The van der Waals surface area contributed by atoms with Gasteiger partial charge in [-0.2, -0.15) is 0 Å². The Hall–Kier alpha value is -2.87. The molecule has 0 spiro atoms. The van der Waals surface area contributed by atoms with Gasteiger partial charge in [0.2, 0.25) is 5.91 Å². The number of nitro benzene ring substituents is 1. The standard InChI is InChI=1S/C20H23N3O4S/c1-4-22(5-2)20(25)15-6-8-16(9-7-15)21-19(24)14(3)28-18-12-10-17(11-13-18)23(26)27/h6-14H,4-5H2,1-3H3,(H,21,24)/t14-/m1/s1. The summed E-state index contributed by atoms with van der Waals surface area (Å²) in [6.07, 6.45) is 0. The number of hydrogen-bond acceptors (Lipinski definition) is 5. The van der Waals surface area contributed by atoms with E-state index in [4.69, 9.17) is 0 Å². The summed E-state index contributed by atoms with van der Waals surface area (Å²) in [5.74, 6) is -0.226. The van der Waals surface area contributed by atoms with Crippen molar-refractivity contribution in [1.82, 2.24) is 4.90 Å². The number of nitrogens with one attached hydrogen (secondary N) is 1. The van der Waals surface area contributed by atoms with Gasteiger partial charge in [-0.15, -0.1) is 11.8 Å². The molecule has 2 aromatic carbocycles. The lowest BCUT2D eigenvalue weighted by atomic mass is 10.1. The van der Waals surface area contributed by atoms with Crippen molar-refractivity contribution < 1.29 is 14.5 Å². The second kappa shape index (κ2) is 9.89. The number of nitrogens with zero attached hydrogens (tertiary/aromatic N) is 2. The molecule has 2 rings (SSSR count). The molecule has 0 heterocycles. The number of carbonyl (C=O) groups excluding carboxylic acids is 2. The van der Waals surface area contributed by atoms with E-state index in [2.05, 4.69) is 5.32 Å². The van der Waals surface area contributed by atoms with E-state index in [1.807, 2.05) is 13.8 Å². The highest BCUT2D eigenvalue weighted by molar-refractivity contribution is 8.00. The number of anilines is 1. The summed E-state index contributed by atoms with van der Waals surface area (Å²) in [5, 5.41) is 13.1. The van der Waals surface area contributed by atoms with E-state index in [9.17, 15) is 19.7 Å². The summed E-state index contributed by atoms with van der Waals surface area (Å²) in [7, 11) is 0. The van der Waals surface area contributed by atoms with Gasteiger partial charge in [-0.25, -0.2) is 0 Å². The first kappa shape index (κ1) is 21.4. The summed E-state index contributed by atoms with van der Waals surface area (Å²) in [6.45, 7) is 6.91. The lowest BCUT2D eigenvalue weighted by molar-refractivity contribution is -0.384. The van der Waals surface area contributed by atoms with Gasteiger partial charge < -0.3 is 10.2 Å². The molecule has 0 saturated heterocycles. The minimum absolute atomic E-state index is 0.0146. The third-order valence-electron chi connectivity index (χ3n) is 4.18. The van der Waals surface area contributed by atoms with Crippen LogP contribution in [0.1, 0.15) is 31.1 Å². The number of benzene rings is 2. The molecule has 2 amide bonds. The third kappa shape index (κ3) is 5.56. The van der Waals surface area contributed by atoms with Crippen molar-refractivity contribution in [3.05, 3.63) is 64.2 Å². The van der Waals surface area contributed by atoms with Crippen molar-refractivity contribution in [2.75, 3.05) is 18.4 Å². The SMILES string of the molecule is CCN(CC)C(=O)c1ccc(NC(=O)[C@@H](C)Sc2ccc([N+](=O)[O-])cc2)cc1. The molecule has 0 bridgehead atoms. The minimum atomic E-state index is -0.459. The predicted octanol–water partition coefficient (Wildman–Crippen LogP) is 4.20. The van der Waals surface area contributed by atoms with Gasteiger partial charge in [-0.1, -0.05) is 0 Å². The molecule has 0 saturated carbocycles. The Bertz CT molecular complexity index is 834. The Kier molecular flexibility index (Phi) is 7.57. The van der Waals surface area contributed by atoms with E-state index in [1.54, 1.807) is 48.2 Å². The summed E-state index contributed by atoms with van der Waals surface area (Å²) in [4.78, 5) is 37.4.